The highest BCUT2D eigenvalue weighted by Crippen LogP contribution is 2.37. The van der Waals surface area contributed by atoms with Crippen LogP contribution in [0.15, 0.2) is 12.1 Å². The number of benzene rings is 1. The standard InChI is InChI=1S/C13H19BFNO3/c1-12(2)13(3,4)19-14(18-12)8-6-7-9(16)11(17-5)10(8)15/h6-7H,16H2,1-5H3. The highest BCUT2D eigenvalue weighted by Gasteiger charge is 2.52. The van der Waals surface area contributed by atoms with Gasteiger partial charge < -0.3 is 19.8 Å². The summed E-state index contributed by atoms with van der Waals surface area (Å²) in [5.74, 6) is -0.520. The van der Waals surface area contributed by atoms with Gasteiger partial charge in [0.1, 0.15) is 0 Å². The molecule has 1 heterocycles. The predicted octanol–water partition coefficient (Wildman–Crippen LogP) is 1.72. The number of hydrogen-bond donors (Lipinski definition) is 1. The lowest BCUT2D eigenvalue weighted by molar-refractivity contribution is 0.00578. The van der Waals surface area contributed by atoms with Gasteiger partial charge >= 0.3 is 7.12 Å². The van der Waals surface area contributed by atoms with Gasteiger partial charge in [-0.05, 0) is 33.8 Å². The number of halogens is 1. The molecule has 1 aromatic rings. The molecular formula is C13H19BFNO3. The molecule has 0 atom stereocenters. The van der Waals surface area contributed by atoms with Gasteiger partial charge in [0.2, 0.25) is 0 Å². The van der Waals surface area contributed by atoms with Crippen molar-refractivity contribution in [2.75, 3.05) is 12.8 Å². The van der Waals surface area contributed by atoms with E-state index in [1.54, 1.807) is 12.1 Å². The molecule has 1 saturated heterocycles. The first-order valence-electron chi connectivity index (χ1n) is 6.17. The van der Waals surface area contributed by atoms with Gasteiger partial charge in [0.15, 0.2) is 11.6 Å². The molecule has 1 aliphatic rings. The Bertz CT molecular complexity index is 489. The van der Waals surface area contributed by atoms with Crippen LogP contribution in [-0.4, -0.2) is 25.4 Å². The van der Waals surface area contributed by atoms with Crippen molar-refractivity contribution in [1.29, 1.82) is 0 Å². The SMILES string of the molecule is COc1c(N)ccc(B2OC(C)(C)C(C)(C)O2)c1F. The first-order valence-corrected chi connectivity index (χ1v) is 6.17. The molecule has 6 heteroatoms. The van der Waals surface area contributed by atoms with E-state index < -0.39 is 24.1 Å². The fraction of sp³-hybridized carbons (Fsp3) is 0.538. The van der Waals surface area contributed by atoms with E-state index in [0.717, 1.165) is 0 Å². The van der Waals surface area contributed by atoms with E-state index >= 15 is 0 Å². The highest BCUT2D eigenvalue weighted by molar-refractivity contribution is 6.62. The van der Waals surface area contributed by atoms with Crippen LogP contribution in [0.25, 0.3) is 0 Å². The second-order valence-corrected chi connectivity index (χ2v) is 5.68. The lowest BCUT2D eigenvalue weighted by Gasteiger charge is -2.32. The van der Waals surface area contributed by atoms with E-state index in [1.807, 2.05) is 27.7 Å². The third-order valence-electron chi connectivity index (χ3n) is 3.87. The molecule has 1 aliphatic heterocycles. The van der Waals surface area contributed by atoms with Crippen molar-refractivity contribution in [2.45, 2.75) is 38.9 Å². The Balaban J connectivity index is 2.40. The Morgan fingerprint density at radius 3 is 2.16 bits per heavy atom. The van der Waals surface area contributed by atoms with Crippen LogP contribution in [-0.2, 0) is 9.31 Å². The molecule has 19 heavy (non-hydrogen) atoms. The molecule has 0 saturated carbocycles. The number of nitrogen functional groups attached to an aromatic ring is 1. The Hall–Kier alpha value is -1.27. The van der Waals surface area contributed by atoms with Crippen molar-refractivity contribution in [1.82, 2.24) is 0 Å². The van der Waals surface area contributed by atoms with E-state index in [1.165, 1.54) is 7.11 Å². The molecule has 2 N–H and O–H groups in total. The third-order valence-corrected chi connectivity index (χ3v) is 3.87. The summed E-state index contributed by atoms with van der Waals surface area (Å²) in [4.78, 5) is 0. The summed E-state index contributed by atoms with van der Waals surface area (Å²) in [6.07, 6.45) is 0. The normalized spacial score (nSPS) is 20.6. The van der Waals surface area contributed by atoms with E-state index in [4.69, 9.17) is 19.8 Å². The van der Waals surface area contributed by atoms with E-state index in [9.17, 15) is 4.39 Å². The molecule has 0 aliphatic carbocycles. The fourth-order valence-corrected chi connectivity index (χ4v) is 1.95. The summed E-state index contributed by atoms with van der Waals surface area (Å²) >= 11 is 0. The van der Waals surface area contributed by atoms with Gasteiger partial charge in [0, 0.05) is 5.46 Å². The Morgan fingerprint density at radius 2 is 1.68 bits per heavy atom. The van der Waals surface area contributed by atoms with Crippen LogP contribution in [0.1, 0.15) is 27.7 Å². The minimum atomic E-state index is -0.764. The lowest BCUT2D eigenvalue weighted by atomic mass is 9.78. The summed E-state index contributed by atoms with van der Waals surface area (Å²) in [6, 6.07) is 3.15. The molecule has 0 aromatic heterocycles. The molecule has 0 unspecified atom stereocenters. The maximum absolute atomic E-state index is 14.3. The first-order chi connectivity index (χ1) is 8.69. The number of methoxy groups -OCH3 is 1. The van der Waals surface area contributed by atoms with E-state index in [0.29, 0.717) is 5.46 Å². The van der Waals surface area contributed by atoms with Crippen molar-refractivity contribution < 1.29 is 18.4 Å². The van der Waals surface area contributed by atoms with Crippen LogP contribution >= 0.6 is 0 Å². The summed E-state index contributed by atoms with van der Waals surface area (Å²) < 4.78 is 30.9. The zero-order valence-corrected chi connectivity index (χ0v) is 11.9. The molecule has 2 rings (SSSR count). The van der Waals surface area contributed by atoms with Gasteiger partial charge in [-0.25, -0.2) is 4.39 Å². The van der Waals surface area contributed by atoms with Gasteiger partial charge in [0.25, 0.3) is 0 Å². The highest BCUT2D eigenvalue weighted by atomic mass is 19.1. The quantitative estimate of drug-likeness (QED) is 0.654. The molecule has 0 amide bonds. The second-order valence-electron chi connectivity index (χ2n) is 5.68. The van der Waals surface area contributed by atoms with Crippen molar-refractivity contribution in [3.05, 3.63) is 17.9 Å². The monoisotopic (exact) mass is 267 g/mol. The average Bonchev–Trinajstić information content (AvgIpc) is 2.48. The zero-order valence-electron chi connectivity index (χ0n) is 11.9. The lowest BCUT2D eigenvalue weighted by Crippen LogP contribution is -2.41. The minimum Gasteiger partial charge on any atom is -0.492 e. The van der Waals surface area contributed by atoms with E-state index in [2.05, 4.69) is 0 Å². The average molecular weight is 267 g/mol. The van der Waals surface area contributed by atoms with E-state index in [-0.39, 0.29) is 11.4 Å². The first kappa shape index (κ1) is 14.2. The zero-order chi connectivity index (χ0) is 14.4. The minimum absolute atomic E-state index is 0.0206. The van der Waals surface area contributed by atoms with Crippen LogP contribution in [0.4, 0.5) is 10.1 Å². The fourth-order valence-electron chi connectivity index (χ4n) is 1.95. The van der Waals surface area contributed by atoms with Gasteiger partial charge in [-0.15, -0.1) is 0 Å². The largest absolute Gasteiger partial charge is 0.498 e. The van der Waals surface area contributed by atoms with Gasteiger partial charge in [-0.2, -0.15) is 0 Å². The molecular weight excluding hydrogens is 248 g/mol. The molecule has 4 nitrogen and oxygen atoms in total. The van der Waals surface area contributed by atoms with Gasteiger partial charge in [-0.3, -0.25) is 0 Å². The maximum atomic E-state index is 14.3. The van der Waals surface area contributed by atoms with Crippen LogP contribution in [0, 0.1) is 5.82 Å². The summed E-state index contributed by atoms with van der Waals surface area (Å²) in [5, 5.41) is 0. The molecule has 0 radical (unpaired) electrons. The number of anilines is 1. The summed E-state index contributed by atoms with van der Waals surface area (Å²) in [5.41, 5.74) is 5.18. The maximum Gasteiger partial charge on any atom is 0.498 e. The molecule has 1 aromatic carbocycles. The van der Waals surface area contributed by atoms with Crippen LogP contribution in [0.3, 0.4) is 0 Å². The van der Waals surface area contributed by atoms with Gasteiger partial charge in [0.05, 0.1) is 24.0 Å². The predicted molar refractivity (Wildman–Crippen MR) is 73.1 cm³/mol. The van der Waals surface area contributed by atoms with Crippen molar-refractivity contribution in [3.8, 4) is 5.75 Å². The Morgan fingerprint density at radius 1 is 1.16 bits per heavy atom. The number of ether oxygens (including phenoxy) is 1. The van der Waals surface area contributed by atoms with Crippen LogP contribution in [0.2, 0.25) is 0 Å². The van der Waals surface area contributed by atoms with Crippen molar-refractivity contribution in [2.24, 2.45) is 0 Å². The number of rotatable bonds is 2. The van der Waals surface area contributed by atoms with Crippen molar-refractivity contribution in [3.63, 3.8) is 0 Å². The number of nitrogens with two attached hydrogens (primary N) is 1. The molecule has 104 valence electrons. The molecule has 1 fully saturated rings. The van der Waals surface area contributed by atoms with Gasteiger partial charge in [-0.1, -0.05) is 6.07 Å². The smallest absolute Gasteiger partial charge is 0.492 e. The second kappa shape index (κ2) is 4.39. The van der Waals surface area contributed by atoms with Crippen molar-refractivity contribution >= 4 is 18.3 Å². The summed E-state index contributed by atoms with van der Waals surface area (Å²) in [7, 11) is 0.613. The Kier molecular flexibility index (Phi) is 3.27. The third kappa shape index (κ3) is 2.19. The van der Waals surface area contributed by atoms with Crippen LogP contribution in [0.5, 0.6) is 5.75 Å². The van der Waals surface area contributed by atoms with Crippen LogP contribution < -0.4 is 15.9 Å². The molecule has 0 bridgehead atoms. The number of hydrogen-bond acceptors (Lipinski definition) is 4. The topological polar surface area (TPSA) is 53.7 Å². The molecule has 0 spiro atoms. The Labute approximate surface area is 113 Å². The summed E-state index contributed by atoms with van der Waals surface area (Å²) in [6.45, 7) is 7.66.